The summed E-state index contributed by atoms with van der Waals surface area (Å²) in [6.45, 7) is 5.25. The third-order valence-electron chi connectivity index (χ3n) is 6.93. The van der Waals surface area contributed by atoms with Gasteiger partial charge in [0.1, 0.15) is 5.82 Å². The number of aryl methyl sites for hydroxylation is 1. The SMILES string of the molecule is C/C=C/CCC1COC(c2ccc(-c3ccc(-c4ccc(CCCCC)c(F)c4F)cc3)c(F)c2)OC1. The third kappa shape index (κ3) is 6.71. The number of unbranched alkanes of at least 4 members (excludes halogenated alkanes) is 2. The molecule has 1 heterocycles. The monoisotopic (exact) mass is 508 g/mol. The van der Waals surface area contributed by atoms with Gasteiger partial charge < -0.3 is 9.47 Å². The summed E-state index contributed by atoms with van der Waals surface area (Å²) in [5, 5.41) is 0. The van der Waals surface area contributed by atoms with Crippen molar-refractivity contribution in [3.63, 3.8) is 0 Å². The molecule has 0 N–H and O–H groups in total. The van der Waals surface area contributed by atoms with E-state index >= 15 is 4.39 Å². The molecule has 0 amide bonds. The first kappa shape index (κ1) is 27.2. The predicted octanol–water partition coefficient (Wildman–Crippen LogP) is 9.19. The average molecular weight is 509 g/mol. The lowest BCUT2D eigenvalue weighted by atomic mass is 9.97. The molecule has 3 aromatic carbocycles. The number of allylic oxidation sites excluding steroid dienone is 2. The van der Waals surface area contributed by atoms with Gasteiger partial charge in [0.05, 0.1) is 13.2 Å². The van der Waals surface area contributed by atoms with Gasteiger partial charge in [-0.1, -0.05) is 80.4 Å². The van der Waals surface area contributed by atoms with Crippen LogP contribution in [0.15, 0.2) is 66.7 Å². The molecule has 0 unspecified atom stereocenters. The zero-order valence-corrected chi connectivity index (χ0v) is 21.6. The average Bonchev–Trinajstić information content (AvgIpc) is 2.92. The quantitative estimate of drug-likeness (QED) is 0.201. The molecule has 0 bridgehead atoms. The number of benzene rings is 3. The van der Waals surface area contributed by atoms with Gasteiger partial charge in [0.2, 0.25) is 0 Å². The van der Waals surface area contributed by atoms with E-state index < -0.39 is 17.9 Å². The zero-order chi connectivity index (χ0) is 26.2. The van der Waals surface area contributed by atoms with Crippen LogP contribution in [-0.2, 0) is 15.9 Å². The first-order valence-electron chi connectivity index (χ1n) is 13.2. The lowest BCUT2D eigenvalue weighted by Gasteiger charge is -2.29. The van der Waals surface area contributed by atoms with Crippen LogP contribution in [0.5, 0.6) is 0 Å². The van der Waals surface area contributed by atoms with Crippen LogP contribution in [0.2, 0.25) is 0 Å². The normalized spacial score (nSPS) is 18.0. The van der Waals surface area contributed by atoms with Crippen molar-refractivity contribution in [2.75, 3.05) is 13.2 Å². The second kappa shape index (κ2) is 13.1. The van der Waals surface area contributed by atoms with Crippen molar-refractivity contribution in [2.24, 2.45) is 5.92 Å². The largest absolute Gasteiger partial charge is 0.348 e. The van der Waals surface area contributed by atoms with Crippen molar-refractivity contribution in [1.82, 2.24) is 0 Å². The van der Waals surface area contributed by atoms with Crippen LogP contribution >= 0.6 is 0 Å². The first-order chi connectivity index (χ1) is 18.0. The van der Waals surface area contributed by atoms with Crippen LogP contribution in [0.3, 0.4) is 0 Å². The van der Waals surface area contributed by atoms with Gasteiger partial charge in [-0.3, -0.25) is 0 Å². The molecule has 2 nitrogen and oxygen atoms in total. The van der Waals surface area contributed by atoms with Crippen molar-refractivity contribution in [2.45, 2.75) is 58.7 Å². The van der Waals surface area contributed by atoms with E-state index in [1.807, 2.05) is 19.1 Å². The summed E-state index contributed by atoms with van der Waals surface area (Å²) < 4.78 is 56.2. The van der Waals surface area contributed by atoms with Crippen molar-refractivity contribution in [3.8, 4) is 22.3 Å². The second-order valence-corrected chi connectivity index (χ2v) is 9.68. The summed E-state index contributed by atoms with van der Waals surface area (Å²) >= 11 is 0. The third-order valence-corrected chi connectivity index (χ3v) is 6.93. The van der Waals surface area contributed by atoms with E-state index in [4.69, 9.17) is 9.47 Å². The zero-order valence-electron chi connectivity index (χ0n) is 21.6. The van der Waals surface area contributed by atoms with Crippen molar-refractivity contribution in [1.29, 1.82) is 0 Å². The van der Waals surface area contributed by atoms with E-state index in [1.165, 1.54) is 6.07 Å². The van der Waals surface area contributed by atoms with Crippen LogP contribution in [0.25, 0.3) is 22.3 Å². The highest BCUT2D eigenvalue weighted by Crippen LogP contribution is 2.33. The fourth-order valence-electron chi connectivity index (χ4n) is 4.71. The van der Waals surface area contributed by atoms with Crippen LogP contribution in [0, 0.1) is 23.4 Å². The minimum absolute atomic E-state index is 0.203. The molecule has 1 aliphatic rings. The Morgan fingerprint density at radius 2 is 1.51 bits per heavy atom. The Kier molecular flexibility index (Phi) is 9.59. The molecule has 37 heavy (non-hydrogen) atoms. The summed E-state index contributed by atoms with van der Waals surface area (Å²) in [7, 11) is 0. The molecule has 0 aliphatic carbocycles. The standard InChI is InChI=1S/C32H35F3O2/c1-3-5-7-9-22-20-36-32(37-21-22)26-16-17-27(29(33)19-26)23-11-13-24(14-12-23)28-18-15-25(10-8-6-4-2)30(34)31(28)35/h3,5,11-19,22,32H,4,6-10,20-21H2,1-2H3/b5-3+. The first-order valence-corrected chi connectivity index (χ1v) is 13.2. The Morgan fingerprint density at radius 3 is 2.16 bits per heavy atom. The molecule has 0 aromatic heterocycles. The molecule has 0 saturated carbocycles. The highest BCUT2D eigenvalue weighted by atomic mass is 19.2. The fourth-order valence-corrected chi connectivity index (χ4v) is 4.71. The molecule has 1 fully saturated rings. The summed E-state index contributed by atoms with van der Waals surface area (Å²) in [5.41, 5.74) is 2.87. The number of halogens is 3. The molecular weight excluding hydrogens is 473 g/mol. The summed E-state index contributed by atoms with van der Waals surface area (Å²) in [4.78, 5) is 0. The van der Waals surface area contributed by atoms with E-state index in [1.54, 1.807) is 42.5 Å². The molecule has 0 radical (unpaired) electrons. The van der Waals surface area contributed by atoms with Gasteiger partial charge in [-0.25, -0.2) is 13.2 Å². The predicted molar refractivity (Wildman–Crippen MR) is 143 cm³/mol. The van der Waals surface area contributed by atoms with Gasteiger partial charge in [-0.2, -0.15) is 0 Å². The Labute approximate surface area is 218 Å². The van der Waals surface area contributed by atoms with Crippen LogP contribution in [0.4, 0.5) is 13.2 Å². The van der Waals surface area contributed by atoms with E-state index in [0.29, 0.717) is 53.4 Å². The minimum Gasteiger partial charge on any atom is -0.348 e. The van der Waals surface area contributed by atoms with E-state index in [2.05, 4.69) is 13.0 Å². The maximum absolute atomic E-state index is 15.1. The highest BCUT2D eigenvalue weighted by molar-refractivity contribution is 5.71. The van der Waals surface area contributed by atoms with Crippen molar-refractivity contribution in [3.05, 3.63) is 95.3 Å². The smallest absolute Gasteiger partial charge is 0.183 e. The van der Waals surface area contributed by atoms with Crippen LogP contribution in [0.1, 0.15) is 63.4 Å². The van der Waals surface area contributed by atoms with Gasteiger partial charge in [0.15, 0.2) is 17.9 Å². The lowest BCUT2D eigenvalue weighted by molar-refractivity contribution is -0.205. The van der Waals surface area contributed by atoms with Gasteiger partial charge in [-0.05, 0) is 55.4 Å². The number of ether oxygens (including phenoxy) is 2. The molecule has 196 valence electrons. The van der Waals surface area contributed by atoms with Gasteiger partial charge in [0, 0.05) is 22.6 Å². The lowest BCUT2D eigenvalue weighted by Crippen LogP contribution is -2.27. The maximum atomic E-state index is 15.1. The van der Waals surface area contributed by atoms with Gasteiger partial charge >= 0.3 is 0 Å². The maximum Gasteiger partial charge on any atom is 0.183 e. The molecular formula is C32H35F3O2. The minimum atomic E-state index is -0.839. The van der Waals surface area contributed by atoms with Crippen molar-refractivity contribution >= 4 is 0 Å². The molecule has 1 saturated heterocycles. The Balaban J connectivity index is 1.43. The topological polar surface area (TPSA) is 18.5 Å². The Hall–Kier alpha value is -2.89. The molecule has 0 spiro atoms. The van der Waals surface area contributed by atoms with Crippen LogP contribution in [-0.4, -0.2) is 13.2 Å². The highest BCUT2D eigenvalue weighted by Gasteiger charge is 2.24. The summed E-state index contributed by atoms with van der Waals surface area (Å²) in [5.74, 6) is -1.67. The van der Waals surface area contributed by atoms with Crippen LogP contribution < -0.4 is 0 Å². The van der Waals surface area contributed by atoms with Crippen molar-refractivity contribution < 1.29 is 22.6 Å². The van der Waals surface area contributed by atoms with E-state index in [-0.39, 0.29) is 11.4 Å². The molecule has 3 aromatic rings. The number of hydrogen-bond acceptors (Lipinski definition) is 2. The second-order valence-electron chi connectivity index (χ2n) is 9.68. The Morgan fingerprint density at radius 1 is 0.838 bits per heavy atom. The summed E-state index contributed by atoms with van der Waals surface area (Å²) in [6, 6.07) is 15.1. The van der Waals surface area contributed by atoms with Gasteiger partial charge in [0.25, 0.3) is 0 Å². The molecule has 1 aliphatic heterocycles. The summed E-state index contributed by atoms with van der Waals surface area (Å²) in [6.07, 6.45) is 8.96. The Bertz CT molecular complexity index is 1200. The van der Waals surface area contributed by atoms with Gasteiger partial charge in [-0.15, -0.1) is 0 Å². The fraction of sp³-hybridized carbons (Fsp3) is 0.375. The molecule has 5 heteroatoms. The van der Waals surface area contributed by atoms with E-state index in [9.17, 15) is 8.78 Å². The number of rotatable bonds is 10. The number of hydrogen-bond donors (Lipinski definition) is 0. The molecule has 0 atom stereocenters. The molecule has 4 rings (SSSR count). The van der Waals surface area contributed by atoms with E-state index in [0.717, 1.165) is 32.1 Å².